The number of aromatic nitrogens is 2. The zero-order valence-electron chi connectivity index (χ0n) is 12.7. The van der Waals surface area contributed by atoms with E-state index < -0.39 is 0 Å². The zero-order valence-corrected chi connectivity index (χ0v) is 13.5. The van der Waals surface area contributed by atoms with Crippen LogP contribution in [0.2, 0.25) is 5.02 Å². The fourth-order valence-electron chi connectivity index (χ4n) is 2.17. The quantitative estimate of drug-likeness (QED) is 0.742. The maximum absolute atomic E-state index is 12.5. The van der Waals surface area contributed by atoms with Crippen LogP contribution in [0.15, 0.2) is 67.1 Å². The molecule has 0 unspecified atom stereocenters. The van der Waals surface area contributed by atoms with Crippen molar-refractivity contribution in [3.05, 3.63) is 83.3 Å². The molecule has 5 nitrogen and oxygen atoms in total. The highest BCUT2D eigenvalue weighted by atomic mass is 35.5. The summed E-state index contributed by atoms with van der Waals surface area (Å²) in [5, 5.41) is 6.60. The molecule has 3 rings (SSSR count). The number of anilines is 2. The van der Waals surface area contributed by atoms with E-state index in [1.165, 1.54) is 0 Å². The normalized spacial score (nSPS) is 10.2. The van der Waals surface area contributed by atoms with Crippen LogP contribution >= 0.6 is 11.6 Å². The predicted octanol–water partition coefficient (Wildman–Crippen LogP) is 3.80. The van der Waals surface area contributed by atoms with Crippen molar-refractivity contribution in [1.29, 1.82) is 0 Å². The van der Waals surface area contributed by atoms with Gasteiger partial charge in [-0.25, -0.2) is 4.98 Å². The molecular formula is C18H15ClN4O. The number of amides is 1. The Morgan fingerprint density at radius 2 is 1.96 bits per heavy atom. The lowest BCUT2D eigenvalue weighted by molar-refractivity contribution is 0.0951. The van der Waals surface area contributed by atoms with Crippen LogP contribution in [-0.2, 0) is 6.54 Å². The standard InChI is InChI=1S/C18H15ClN4O/c19-14-5-1-6-15(10-14)23-17-16(7-3-9-21-17)18(24)22-12-13-4-2-8-20-11-13/h1-11H,12H2,(H,21,23)(H,22,24). The summed E-state index contributed by atoms with van der Waals surface area (Å²) in [5.41, 5.74) is 2.16. The Morgan fingerprint density at radius 1 is 1.08 bits per heavy atom. The Bertz CT molecular complexity index is 839. The summed E-state index contributed by atoms with van der Waals surface area (Å²) in [6.45, 7) is 0.401. The molecule has 0 radical (unpaired) electrons. The van der Waals surface area contributed by atoms with Crippen LogP contribution in [0, 0.1) is 0 Å². The summed E-state index contributed by atoms with van der Waals surface area (Å²) in [4.78, 5) is 20.7. The largest absolute Gasteiger partial charge is 0.348 e. The number of hydrogen-bond acceptors (Lipinski definition) is 4. The Labute approximate surface area is 144 Å². The van der Waals surface area contributed by atoms with Gasteiger partial charge >= 0.3 is 0 Å². The van der Waals surface area contributed by atoms with Crippen molar-refractivity contribution in [3.8, 4) is 0 Å². The van der Waals surface area contributed by atoms with Crippen LogP contribution in [0.25, 0.3) is 0 Å². The Balaban J connectivity index is 1.74. The van der Waals surface area contributed by atoms with Crippen LogP contribution in [-0.4, -0.2) is 15.9 Å². The molecule has 24 heavy (non-hydrogen) atoms. The maximum atomic E-state index is 12.5. The second-order valence-corrected chi connectivity index (χ2v) is 5.52. The number of nitrogens with one attached hydrogen (secondary N) is 2. The molecule has 2 aromatic heterocycles. The lowest BCUT2D eigenvalue weighted by Gasteiger charge is -2.11. The molecule has 0 atom stereocenters. The van der Waals surface area contributed by atoms with Crippen LogP contribution in [0.4, 0.5) is 11.5 Å². The van der Waals surface area contributed by atoms with E-state index in [1.54, 1.807) is 42.9 Å². The van der Waals surface area contributed by atoms with Crippen molar-refractivity contribution in [3.63, 3.8) is 0 Å². The third kappa shape index (κ3) is 4.08. The first-order valence-corrected chi connectivity index (χ1v) is 7.75. The Kier molecular flexibility index (Phi) is 5.03. The van der Waals surface area contributed by atoms with E-state index >= 15 is 0 Å². The molecule has 120 valence electrons. The SMILES string of the molecule is O=C(NCc1cccnc1)c1cccnc1Nc1cccc(Cl)c1. The second kappa shape index (κ2) is 7.57. The number of hydrogen-bond donors (Lipinski definition) is 2. The molecule has 1 amide bonds. The van der Waals surface area contributed by atoms with Crippen molar-refractivity contribution >= 4 is 29.0 Å². The van der Waals surface area contributed by atoms with E-state index in [1.807, 2.05) is 24.3 Å². The second-order valence-electron chi connectivity index (χ2n) is 5.08. The number of benzene rings is 1. The maximum Gasteiger partial charge on any atom is 0.255 e. The number of pyridine rings is 2. The molecule has 6 heteroatoms. The summed E-state index contributed by atoms with van der Waals surface area (Å²) in [6, 6.07) is 14.4. The van der Waals surface area contributed by atoms with Gasteiger partial charge in [-0.2, -0.15) is 0 Å². The number of rotatable bonds is 5. The molecular weight excluding hydrogens is 324 g/mol. The van der Waals surface area contributed by atoms with Gasteiger partial charge < -0.3 is 10.6 Å². The van der Waals surface area contributed by atoms with Gasteiger partial charge in [0.2, 0.25) is 0 Å². The zero-order chi connectivity index (χ0) is 16.8. The van der Waals surface area contributed by atoms with E-state index in [4.69, 9.17) is 11.6 Å². The van der Waals surface area contributed by atoms with Crippen LogP contribution < -0.4 is 10.6 Å². The molecule has 2 heterocycles. The number of nitrogens with zero attached hydrogens (tertiary/aromatic N) is 2. The van der Waals surface area contributed by atoms with E-state index in [-0.39, 0.29) is 5.91 Å². The van der Waals surface area contributed by atoms with E-state index in [2.05, 4.69) is 20.6 Å². The van der Waals surface area contributed by atoms with Gasteiger partial charge in [-0.1, -0.05) is 23.7 Å². The number of carbonyl (C=O) groups excluding carboxylic acids is 1. The lowest BCUT2D eigenvalue weighted by Crippen LogP contribution is -2.24. The number of carbonyl (C=O) groups is 1. The first-order chi connectivity index (χ1) is 11.7. The minimum Gasteiger partial charge on any atom is -0.348 e. The van der Waals surface area contributed by atoms with Gasteiger partial charge in [-0.15, -0.1) is 0 Å². The topological polar surface area (TPSA) is 66.9 Å². The van der Waals surface area contributed by atoms with Gasteiger partial charge in [0.25, 0.3) is 5.91 Å². The minimum absolute atomic E-state index is 0.212. The summed E-state index contributed by atoms with van der Waals surface area (Å²) >= 11 is 5.99. The molecule has 0 aliphatic rings. The van der Waals surface area contributed by atoms with Gasteiger partial charge in [0, 0.05) is 35.8 Å². The molecule has 2 N–H and O–H groups in total. The molecule has 3 aromatic rings. The smallest absolute Gasteiger partial charge is 0.255 e. The first kappa shape index (κ1) is 16.0. The highest BCUT2D eigenvalue weighted by Gasteiger charge is 2.12. The van der Waals surface area contributed by atoms with Crippen molar-refractivity contribution in [2.45, 2.75) is 6.54 Å². The third-order valence-corrected chi connectivity index (χ3v) is 3.55. The third-order valence-electron chi connectivity index (χ3n) is 3.32. The number of halogens is 1. The predicted molar refractivity (Wildman–Crippen MR) is 94.4 cm³/mol. The molecule has 1 aromatic carbocycles. The van der Waals surface area contributed by atoms with Crippen molar-refractivity contribution < 1.29 is 4.79 Å². The van der Waals surface area contributed by atoms with E-state index in [9.17, 15) is 4.79 Å². The fraction of sp³-hybridized carbons (Fsp3) is 0.0556. The summed E-state index contributed by atoms with van der Waals surface area (Å²) in [7, 11) is 0. The summed E-state index contributed by atoms with van der Waals surface area (Å²) in [6.07, 6.45) is 5.04. The van der Waals surface area contributed by atoms with Crippen LogP contribution in [0.5, 0.6) is 0 Å². The molecule has 0 saturated heterocycles. The Hall–Kier alpha value is -2.92. The monoisotopic (exact) mass is 338 g/mol. The first-order valence-electron chi connectivity index (χ1n) is 7.37. The Morgan fingerprint density at radius 3 is 2.75 bits per heavy atom. The average Bonchev–Trinajstić information content (AvgIpc) is 2.61. The van der Waals surface area contributed by atoms with Gasteiger partial charge in [0.15, 0.2) is 0 Å². The summed E-state index contributed by atoms with van der Waals surface area (Å²) < 4.78 is 0. The lowest BCUT2D eigenvalue weighted by atomic mass is 10.2. The van der Waals surface area contributed by atoms with Gasteiger partial charge in [-0.3, -0.25) is 9.78 Å². The van der Waals surface area contributed by atoms with Crippen molar-refractivity contribution in [1.82, 2.24) is 15.3 Å². The van der Waals surface area contributed by atoms with Gasteiger partial charge in [0.1, 0.15) is 5.82 Å². The molecule has 0 saturated carbocycles. The van der Waals surface area contributed by atoms with Gasteiger partial charge in [-0.05, 0) is 42.0 Å². The van der Waals surface area contributed by atoms with E-state index in [0.29, 0.717) is 22.9 Å². The molecule has 0 fully saturated rings. The summed E-state index contributed by atoms with van der Waals surface area (Å²) in [5.74, 6) is 0.264. The molecule has 0 bridgehead atoms. The fourth-order valence-corrected chi connectivity index (χ4v) is 2.36. The molecule has 0 aliphatic carbocycles. The highest BCUT2D eigenvalue weighted by molar-refractivity contribution is 6.30. The van der Waals surface area contributed by atoms with Crippen molar-refractivity contribution in [2.24, 2.45) is 0 Å². The van der Waals surface area contributed by atoms with Crippen LogP contribution in [0.3, 0.4) is 0 Å². The minimum atomic E-state index is -0.212. The highest BCUT2D eigenvalue weighted by Crippen LogP contribution is 2.21. The van der Waals surface area contributed by atoms with Crippen molar-refractivity contribution in [2.75, 3.05) is 5.32 Å². The van der Waals surface area contributed by atoms with E-state index in [0.717, 1.165) is 11.3 Å². The van der Waals surface area contributed by atoms with Gasteiger partial charge in [0.05, 0.1) is 5.56 Å². The average molecular weight is 339 g/mol. The molecule has 0 spiro atoms. The molecule has 0 aliphatic heterocycles. The van der Waals surface area contributed by atoms with Crippen LogP contribution in [0.1, 0.15) is 15.9 Å².